The lowest BCUT2D eigenvalue weighted by Crippen LogP contribution is -2.28. The van der Waals surface area contributed by atoms with Crippen LogP contribution >= 0.6 is 0 Å². The Balaban J connectivity index is 1.88. The lowest BCUT2D eigenvalue weighted by atomic mass is 9.84. The predicted octanol–water partition coefficient (Wildman–Crippen LogP) is 1.59. The van der Waals surface area contributed by atoms with Gasteiger partial charge in [-0.05, 0) is 32.2 Å². The Kier molecular flexibility index (Phi) is 2.06. The van der Waals surface area contributed by atoms with E-state index in [9.17, 15) is 0 Å². The molecule has 0 bridgehead atoms. The van der Waals surface area contributed by atoms with Gasteiger partial charge in [-0.1, -0.05) is 12.1 Å². The van der Waals surface area contributed by atoms with Gasteiger partial charge in [-0.25, -0.2) is 0 Å². The van der Waals surface area contributed by atoms with Crippen LogP contribution in [0.1, 0.15) is 50.2 Å². The summed E-state index contributed by atoms with van der Waals surface area (Å²) in [5.41, 5.74) is 0.111. The molecule has 0 radical (unpaired) electrons. The van der Waals surface area contributed by atoms with E-state index in [-0.39, 0.29) is 5.41 Å². The van der Waals surface area contributed by atoms with Crippen LogP contribution in [-0.2, 0) is 5.41 Å². The molecule has 2 fully saturated rings. The highest BCUT2D eigenvalue weighted by atomic mass is 16.5. The van der Waals surface area contributed by atoms with Gasteiger partial charge < -0.3 is 9.84 Å². The molecule has 15 heavy (non-hydrogen) atoms. The van der Waals surface area contributed by atoms with E-state index in [1.165, 1.54) is 12.8 Å². The standard InChI is InChI=1S/C11H17N3O/c1-2-11(5-6-12-7-11)10-13-9(14-15-10)8-3-4-8/h8,12H,2-7H2,1H3. The average molecular weight is 207 g/mol. The Morgan fingerprint density at radius 1 is 1.53 bits per heavy atom. The first kappa shape index (κ1) is 9.33. The van der Waals surface area contributed by atoms with Crippen LogP contribution in [0.3, 0.4) is 0 Å². The van der Waals surface area contributed by atoms with E-state index >= 15 is 0 Å². The first-order valence-corrected chi connectivity index (χ1v) is 5.89. The van der Waals surface area contributed by atoms with E-state index in [0.717, 1.165) is 37.6 Å². The molecule has 0 aromatic carbocycles. The Morgan fingerprint density at radius 2 is 2.40 bits per heavy atom. The van der Waals surface area contributed by atoms with Crippen LogP contribution in [-0.4, -0.2) is 23.2 Å². The smallest absolute Gasteiger partial charge is 0.234 e. The molecule has 3 rings (SSSR count). The van der Waals surface area contributed by atoms with E-state index in [4.69, 9.17) is 4.52 Å². The third-order valence-corrected chi connectivity index (χ3v) is 3.76. The lowest BCUT2D eigenvalue weighted by molar-refractivity contribution is 0.283. The fraction of sp³-hybridized carbons (Fsp3) is 0.818. The van der Waals surface area contributed by atoms with Crippen molar-refractivity contribution in [3.63, 3.8) is 0 Å². The van der Waals surface area contributed by atoms with Crippen molar-refractivity contribution in [1.82, 2.24) is 15.5 Å². The molecule has 4 heteroatoms. The summed E-state index contributed by atoms with van der Waals surface area (Å²) in [6.45, 7) is 4.25. The van der Waals surface area contributed by atoms with E-state index in [0.29, 0.717) is 5.92 Å². The maximum absolute atomic E-state index is 5.44. The highest BCUT2D eigenvalue weighted by molar-refractivity contribution is 5.12. The second-order valence-electron chi connectivity index (χ2n) is 4.79. The molecule has 0 spiro atoms. The van der Waals surface area contributed by atoms with Crippen LogP contribution in [0.25, 0.3) is 0 Å². The summed E-state index contributed by atoms with van der Waals surface area (Å²) in [6.07, 6.45) is 4.66. The van der Waals surface area contributed by atoms with Gasteiger partial charge in [0.05, 0.1) is 5.41 Å². The van der Waals surface area contributed by atoms with Crippen molar-refractivity contribution >= 4 is 0 Å². The molecule has 1 saturated carbocycles. The van der Waals surface area contributed by atoms with Crippen molar-refractivity contribution in [2.75, 3.05) is 13.1 Å². The zero-order valence-electron chi connectivity index (χ0n) is 9.12. The predicted molar refractivity (Wildman–Crippen MR) is 55.7 cm³/mol. The van der Waals surface area contributed by atoms with Crippen LogP contribution in [0.5, 0.6) is 0 Å². The highest BCUT2D eigenvalue weighted by Gasteiger charge is 2.40. The summed E-state index contributed by atoms with van der Waals surface area (Å²) >= 11 is 0. The molecule has 1 saturated heterocycles. The van der Waals surface area contributed by atoms with Gasteiger partial charge in [0, 0.05) is 12.5 Å². The third-order valence-electron chi connectivity index (χ3n) is 3.76. The molecule has 0 amide bonds. The second kappa shape index (κ2) is 3.30. The first-order chi connectivity index (χ1) is 7.34. The summed E-state index contributed by atoms with van der Waals surface area (Å²) < 4.78 is 5.44. The average Bonchev–Trinajstić information content (AvgIpc) is 2.84. The van der Waals surface area contributed by atoms with Crippen LogP contribution in [0.2, 0.25) is 0 Å². The maximum Gasteiger partial charge on any atom is 0.234 e. The number of aromatic nitrogens is 2. The SMILES string of the molecule is CCC1(c2nc(C3CC3)no2)CCNC1. The molecule has 82 valence electrons. The minimum absolute atomic E-state index is 0.111. The molecule has 2 aliphatic rings. The number of rotatable bonds is 3. The van der Waals surface area contributed by atoms with Gasteiger partial charge in [-0.3, -0.25) is 0 Å². The third kappa shape index (κ3) is 1.47. The summed E-state index contributed by atoms with van der Waals surface area (Å²) in [5, 5.41) is 7.49. The van der Waals surface area contributed by atoms with Gasteiger partial charge >= 0.3 is 0 Å². The minimum Gasteiger partial charge on any atom is -0.339 e. The van der Waals surface area contributed by atoms with Gasteiger partial charge in [-0.15, -0.1) is 0 Å². The van der Waals surface area contributed by atoms with Crippen molar-refractivity contribution in [3.05, 3.63) is 11.7 Å². The Hall–Kier alpha value is -0.900. The number of hydrogen-bond acceptors (Lipinski definition) is 4. The van der Waals surface area contributed by atoms with Gasteiger partial charge in [0.2, 0.25) is 5.89 Å². The number of hydrogen-bond donors (Lipinski definition) is 1. The number of nitrogens with zero attached hydrogens (tertiary/aromatic N) is 2. The largest absolute Gasteiger partial charge is 0.339 e. The molecule has 1 atom stereocenters. The van der Waals surface area contributed by atoms with E-state index in [2.05, 4.69) is 22.4 Å². The monoisotopic (exact) mass is 207 g/mol. The Bertz CT molecular complexity index is 350. The van der Waals surface area contributed by atoms with E-state index < -0.39 is 0 Å². The van der Waals surface area contributed by atoms with E-state index in [1.54, 1.807) is 0 Å². The second-order valence-corrected chi connectivity index (χ2v) is 4.79. The molecule has 1 aliphatic carbocycles. The molecule has 1 aromatic heterocycles. The van der Waals surface area contributed by atoms with Crippen molar-refractivity contribution < 1.29 is 4.52 Å². The van der Waals surface area contributed by atoms with Crippen LogP contribution in [0.15, 0.2) is 4.52 Å². The summed E-state index contributed by atoms with van der Waals surface area (Å²) in [5.74, 6) is 2.38. The fourth-order valence-electron chi connectivity index (χ4n) is 2.34. The molecule has 1 unspecified atom stereocenters. The van der Waals surface area contributed by atoms with Gasteiger partial charge in [0.15, 0.2) is 5.82 Å². The summed E-state index contributed by atoms with van der Waals surface area (Å²) in [7, 11) is 0. The summed E-state index contributed by atoms with van der Waals surface area (Å²) in [4.78, 5) is 4.58. The van der Waals surface area contributed by atoms with Crippen LogP contribution < -0.4 is 5.32 Å². The van der Waals surface area contributed by atoms with Crippen molar-refractivity contribution in [1.29, 1.82) is 0 Å². The molecule has 2 heterocycles. The number of nitrogens with one attached hydrogen (secondary N) is 1. The zero-order chi connectivity index (χ0) is 10.3. The highest BCUT2D eigenvalue weighted by Crippen LogP contribution is 2.40. The molecule has 1 N–H and O–H groups in total. The van der Waals surface area contributed by atoms with Crippen LogP contribution in [0, 0.1) is 0 Å². The topological polar surface area (TPSA) is 51.0 Å². The van der Waals surface area contributed by atoms with Crippen LogP contribution in [0.4, 0.5) is 0 Å². The Morgan fingerprint density at radius 3 is 3.00 bits per heavy atom. The van der Waals surface area contributed by atoms with Crippen molar-refractivity contribution in [2.24, 2.45) is 0 Å². The summed E-state index contributed by atoms with van der Waals surface area (Å²) in [6, 6.07) is 0. The molecular formula is C11H17N3O. The fourth-order valence-corrected chi connectivity index (χ4v) is 2.34. The van der Waals surface area contributed by atoms with Crippen molar-refractivity contribution in [2.45, 2.75) is 43.9 Å². The van der Waals surface area contributed by atoms with Gasteiger partial charge in [-0.2, -0.15) is 4.98 Å². The molecular weight excluding hydrogens is 190 g/mol. The first-order valence-electron chi connectivity index (χ1n) is 5.89. The quantitative estimate of drug-likeness (QED) is 0.817. The maximum atomic E-state index is 5.44. The van der Waals surface area contributed by atoms with E-state index in [1.807, 2.05) is 0 Å². The Labute approximate surface area is 89.4 Å². The lowest BCUT2D eigenvalue weighted by Gasteiger charge is -2.20. The van der Waals surface area contributed by atoms with Gasteiger partial charge in [0.25, 0.3) is 0 Å². The van der Waals surface area contributed by atoms with Crippen molar-refractivity contribution in [3.8, 4) is 0 Å². The molecule has 1 aromatic rings. The minimum atomic E-state index is 0.111. The zero-order valence-corrected chi connectivity index (χ0v) is 9.12. The van der Waals surface area contributed by atoms with Gasteiger partial charge in [0.1, 0.15) is 0 Å². The normalized spacial score (nSPS) is 31.0. The molecule has 4 nitrogen and oxygen atoms in total. The molecule has 1 aliphatic heterocycles.